The Morgan fingerprint density at radius 2 is 1.93 bits per heavy atom. The van der Waals surface area contributed by atoms with Crippen molar-refractivity contribution in [2.24, 2.45) is 5.92 Å². The summed E-state index contributed by atoms with van der Waals surface area (Å²) in [5.41, 5.74) is 2.65. The minimum Gasteiger partial charge on any atom is -0.345 e. The van der Waals surface area contributed by atoms with Crippen LogP contribution in [0.1, 0.15) is 59.4 Å². The standard InChI is InChI=1S/C21H24BrFN2O2/c1-4-11-25-13(3)17(12(2)18(22)21(25)27)20(26)24-19(14-5-6-14)15-7-9-16(23)10-8-15/h7-10,14,19H,4-6,11H2,1-3H3,(H,24,26). The summed E-state index contributed by atoms with van der Waals surface area (Å²) in [6.07, 6.45) is 2.89. The molecule has 1 unspecified atom stereocenters. The molecule has 0 saturated heterocycles. The molecule has 2 aromatic rings. The van der Waals surface area contributed by atoms with Crippen LogP contribution in [0, 0.1) is 25.6 Å². The van der Waals surface area contributed by atoms with Crippen LogP contribution in [0.4, 0.5) is 4.39 Å². The van der Waals surface area contributed by atoms with Crippen LogP contribution in [-0.2, 0) is 6.54 Å². The highest BCUT2D eigenvalue weighted by atomic mass is 79.9. The van der Waals surface area contributed by atoms with Gasteiger partial charge in [0.2, 0.25) is 0 Å². The molecule has 0 spiro atoms. The molecule has 144 valence electrons. The summed E-state index contributed by atoms with van der Waals surface area (Å²) in [5.74, 6) is -0.122. The fourth-order valence-corrected chi connectivity index (χ4v) is 3.97. The summed E-state index contributed by atoms with van der Waals surface area (Å²) in [6, 6.07) is 6.15. The molecule has 1 fully saturated rings. The Hall–Kier alpha value is -1.95. The van der Waals surface area contributed by atoms with Gasteiger partial charge in [-0.05, 0) is 78.2 Å². The molecule has 1 heterocycles. The van der Waals surface area contributed by atoms with Crippen LogP contribution in [0.3, 0.4) is 0 Å². The molecule has 6 heteroatoms. The molecular weight excluding hydrogens is 411 g/mol. The first kappa shape index (κ1) is 19.8. The number of carbonyl (C=O) groups excluding carboxylic acids is 1. The number of hydrogen-bond donors (Lipinski definition) is 1. The van der Waals surface area contributed by atoms with E-state index >= 15 is 0 Å². The normalized spacial score (nSPS) is 14.9. The average Bonchev–Trinajstić information content (AvgIpc) is 3.47. The molecule has 4 nitrogen and oxygen atoms in total. The number of benzene rings is 1. The van der Waals surface area contributed by atoms with Gasteiger partial charge in [0.1, 0.15) is 5.82 Å². The number of nitrogens with one attached hydrogen (secondary N) is 1. The summed E-state index contributed by atoms with van der Waals surface area (Å²) >= 11 is 3.36. The molecule has 1 atom stereocenters. The van der Waals surface area contributed by atoms with E-state index in [1.165, 1.54) is 12.1 Å². The van der Waals surface area contributed by atoms with Crippen LogP contribution in [0.25, 0.3) is 0 Å². The van der Waals surface area contributed by atoms with Gasteiger partial charge in [0.15, 0.2) is 0 Å². The van der Waals surface area contributed by atoms with Gasteiger partial charge in [-0.25, -0.2) is 4.39 Å². The topological polar surface area (TPSA) is 51.1 Å². The third-order valence-electron chi connectivity index (χ3n) is 5.19. The van der Waals surface area contributed by atoms with Gasteiger partial charge < -0.3 is 9.88 Å². The van der Waals surface area contributed by atoms with Gasteiger partial charge in [-0.3, -0.25) is 9.59 Å². The Labute approximate surface area is 166 Å². The molecule has 1 saturated carbocycles. The summed E-state index contributed by atoms with van der Waals surface area (Å²) in [6.45, 7) is 6.16. The Bertz CT molecular complexity index is 917. The second kappa shape index (κ2) is 7.97. The molecule has 27 heavy (non-hydrogen) atoms. The summed E-state index contributed by atoms with van der Waals surface area (Å²) in [5, 5.41) is 3.13. The number of amides is 1. The zero-order valence-corrected chi connectivity index (χ0v) is 17.4. The molecule has 0 radical (unpaired) electrons. The third kappa shape index (κ3) is 4.00. The van der Waals surface area contributed by atoms with E-state index in [2.05, 4.69) is 21.2 Å². The molecule has 1 aliphatic carbocycles. The van der Waals surface area contributed by atoms with Crippen LogP contribution in [0.5, 0.6) is 0 Å². The van der Waals surface area contributed by atoms with E-state index in [9.17, 15) is 14.0 Å². The van der Waals surface area contributed by atoms with Gasteiger partial charge in [-0.2, -0.15) is 0 Å². The van der Waals surface area contributed by atoms with Crippen LogP contribution >= 0.6 is 15.9 Å². The van der Waals surface area contributed by atoms with Gasteiger partial charge in [0.05, 0.1) is 16.1 Å². The van der Waals surface area contributed by atoms with Crippen molar-refractivity contribution < 1.29 is 9.18 Å². The highest BCUT2D eigenvalue weighted by Gasteiger charge is 2.34. The van der Waals surface area contributed by atoms with Crippen molar-refractivity contribution in [1.82, 2.24) is 9.88 Å². The SMILES string of the molecule is CCCn1c(C)c(C(=O)NC(c2ccc(F)cc2)C2CC2)c(C)c(Br)c1=O. The molecule has 0 bridgehead atoms. The van der Waals surface area contributed by atoms with E-state index < -0.39 is 0 Å². The van der Waals surface area contributed by atoms with Crippen LogP contribution in [0.15, 0.2) is 33.5 Å². The predicted octanol–water partition coefficient (Wildman–Crippen LogP) is 4.66. The molecular formula is C21H24BrFN2O2. The van der Waals surface area contributed by atoms with E-state index in [1.807, 2.05) is 13.8 Å². The summed E-state index contributed by atoms with van der Waals surface area (Å²) in [4.78, 5) is 25.7. The van der Waals surface area contributed by atoms with E-state index in [4.69, 9.17) is 0 Å². The average molecular weight is 435 g/mol. The van der Waals surface area contributed by atoms with E-state index in [0.717, 1.165) is 24.8 Å². The number of nitrogens with zero attached hydrogens (tertiary/aromatic N) is 1. The fraction of sp³-hybridized carbons (Fsp3) is 0.429. The first-order chi connectivity index (χ1) is 12.8. The number of hydrogen-bond acceptors (Lipinski definition) is 2. The van der Waals surface area contributed by atoms with Gasteiger partial charge >= 0.3 is 0 Å². The van der Waals surface area contributed by atoms with Gasteiger partial charge in [0.25, 0.3) is 11.5 Å². The monoisotopic (exact) mass is 434 g/mol. The lowest BCUT2D eigenvalue weighted by molar-refractivity contribution is 0.0929. The van der Waals surface area contributed by atoms with Crippen molar-refractivity contribution in [2.75, 3.05) is 0 Å². The maximum absolute atomic E-state index is 13.3. The predicted molar refractivity (Wildman–Crippen MR) is 107 cm³/mol. The number of halogens is 2. The van der Waals surface area contributed by atoms with Gasteiger partial charge in [0, 0.05) is 12.2 Å². The molecule has 1 aliphatic rings. The first-order valence-electron chi connectivity index (χ1n) is 9.31. The minimum absolute atomic E-state index is 0.110. The lowest BCUT2D eigenvalue weighted by atomic mass is 10.0. The highest BCUT2D eigenvalue weighted by molar-refractivity contribution is 9.10. The van der Waals surface area contributed by atoms with E-state index in [-0.39, 0.29) is 23.3 Å². The summed E-state index contributed by atoms with van der Waals surface area (Å²) < 4.78 is 15.4. The minimum atomic E-state index is -0.290. The number of pyridine rings is 1. The molecule has 0 aliphatic heterocycles. The van der Waals surface area contributed by atoms with Crippen molar-refractivity contribution in [2.45, 2.75) is 52.6 Å². The zero-order valence-electron chi connectivity index (χ0n) is 15.8. The van der Waals surface area contributed by atoms with Crippen LogP contribution < -0.4 is 10.9 Å². The Balaban J connectivity index is 1.97. The third-order valence-corrected chi connectivity index (χ3v) is 6.12. The van der Waals surface area contributed by atoms with Crippen molar-refractivity contribution in [3.63, 3.8) is 0 Å². The number of rotatable bonds is 6. The van der Waals surface area contributed by atoms with E-state index in [0.29, 0.717) is 33.8 Å². The fourth-order valence-electron chi connectivity index (χ4n) is 3.56. The second-order valence-corrected chi connectivity index (χ2v) is 7.99. The molecule has 1 N–H and O–H groups in total. The maximum Gasteiger partial charge on any atom is 0.265 e. The maximum atomic E-state index is 13.3. The van der Waals surface area contributed by atoms with Crippen molar-refractivity contribution in [3.8, 4) is 0 Å². The first-order valence-corrected chi connectivity index (χ1v) is 10.1. The largest absolute Gasteiger partial charge is 0.345 e. The molecule has 1 amide bonds. The highest BCUT2D eigenvalue weighted by Crippen LogP contribution is 2.41. The smallest absolute Gasteiger partial charge is 0.265 e. The number of carbonyl (C=O) groups is 1. The number of aromatic nitrogens is 1. The second-order valence-electron chi connectivity index (χ2n) is 7.20. The lowest BCUT2D eigenvalue weighted by Crippen LogP contribution is -2.34. The van der Waals surface area contributed by atoms with Crippen molar-refractivity contribution in [1.29, 1.82) is 0 Å². The lowest BCUT2D eigenvalue weighted by Gasteiger charge is -2.22. The zero-order chi connectivity index (χ0) is 19.7. The van der Waals surface area contributed by atoms with Gasteiger partial charge in [-0.1, -0.05) is 19.1 Å². The van der Waals surface area contributed by atoms with E-state index in [1.54, 1.807) is 23.6 Å². The van der Waals surface area contributed by atoms with Crippen LogP contribution in [-0.4, -0.2) is 10.5 Å². The Kier molecular flexibility index (Phi) is 5.84. The molecule has 1 aromatic carbocycles. The Morgan fingerprint density at radius 3 is 2.48 bits per heavy atom. The quantitative estimate of drug-likeness (QED) is 0.718. The summed E-state index contributed by atoms with van der Waals surface area (Å²) in [7, 11) is 0. The van der Waals surface area contributed by atoms with Gasteiger partial charge in [-0.15, -0.1) is 0 Å². The van der Waals surface area contributed by atoms with Crippen LogP contribution in [0.2, 0.25) is 0 Å². The van der Waals surface area contributed by atoms with Crippen molar-refractivity contribution in [3.05, 3.63) is 67.3 Å². The molecule has 3 rings (SSSR count). The molecule has 1 aromatic heterocycles. The van der Waals surface area contributed by atoms with Crippen molar-refractivity contribution >= 4 is 21.8 Å². The Morgan fingerprint density at radius 1 is 1.30 bits per heavy atom.